The first-order chi connectivity index (χ1) is 11.1. The molecule has 0 spiro atoms. The highest BCUT2D eigenvalue weighted by molar-refractivity contribution is 7.90. The van der Waals surface area contributed by atoms with Crippen molar-refractivity contribution in [2.75, 3.05) is 6.26 Å². The summed E-state index contributed by atoms with van der Waals surface area (Å²) in [6, 6.07) is 13.1. The molecule has 1 atom stereocenters. The van der Waals surface area contributed by atoms with Crippen molar-refractivity contribution in [3.63, 3.8) is 0 Å². The molecule has 0 aliphatic carbocycles. The van der Waals surface area contributed by atoms with Gasteiger partial charge in [-0.05, 0) is 42.8 Å². The molecule has 0 radical (unpaired) electrons. The van der Waals surface area contributed by atoms with Gasteiger partial charge in [-0.3, -0.25) is 0 Å². The number of sulfone groups is 1. The van der Waals surface area contributed by atoms with Crippen LogP contribution in [0.5, 0.6) is 0 Å². The molecule has 126 valence electrons. The van der Waals surface area contributed by atoms with E-state index in [2.05, 4.69) is 4.72 Å². The summed E-state index contributed by atoms with van der Waals surface area (Å²) in [7, 11) is -7.10. The standard InChI is InChI=1S/C16H16N2O4S2/c1-12(14-6-8-15(9-7-14)23(2,19)20)18-24(21,22)16-5-3-4-13(10-16)11-17/h3-10,12,18H,1-2H3/t12-/m0/s1. The Bertz CT molecular complexity index is 989. The zero-order valence-electron chi connectivity index (χ0n) is 13.1. The van der Waals surface area contributed by atoms with E-state index in [0.717, 1.165) is 6.26 Å². The number of sulfonamides is 1. The lowest BCUT2D eigenvalue weighted by molar-refractivity contribution is 0.566. The second-order valence-electron chi connectivity index (χ2n) is 5.32. The smallest absolute Gasteiger partial charge is 0.224 e. The van der Waals surface area contributed by atoms with E-state index in [1.807, 2.05) is 6.07 Å². The van der Waals surface area contributed by atoms with Gasteiger partial charge >= 0.3 is 0 Å². The van der Waals surface area contributed by atoms with Crippen molar-refractivity contribution in [1.29, 1.82) is 5.26 Å². The van der Waals surface area contributed by atoms with Gasteiger partial charge in [-0.1, -0.05) is 18.2 Å². The topological polar surface area (TPSA) is 104 Å². The van der Waals surface area contributed by atoms with Crippen LogP contribution in [0.4, 0.5) is 0 Å². The molecule has 0 amide bonds. The zero-order valence-corrected chi connectivity index (χ0v) is 14.7. The Kier molecular flexibility index (Phi) is 5.08. The molecule has 2 rings (SSSR count). The molecule has 0 bridgehead atoms. The van der Waals surface area contributed by atoms with E-state index in [-0.39, 0.29) is 15.4 Å². The number of benzene rings is 2. The van der Waals surface area contributed by atoms with Crippen molar-refractivity contribution in [3.05, 3.63) is 59.7 Å². The Hall–Kier alpha value is -2.21. The van der Waals surface area contributed by atoms with Gasteiger partial charge in [0, 0.05) is 12.3 Å². The molecule has 0 saturated heterocycles. The monoisotopic (exact) mass is 364 g/mol. The van der Waals surface area contributed by atoms with E-state index in [9.17, 15) is 16.8 Å². The number of nitriles is 1. The van der Waals surface area contributed by atoms with Crippen LogP contribution in [0.1, 0.15) is 24.1 Å². The van der Waals surface area contributed by atoms with Gasteiger partial charge in [0.2, 0.25) is 10.0 Å². The highest BCUT2D eigenvalue weighted by Crippen LogP contribution is 2.19. The minimum atomic E-state index is -3.80. The molecule has 0 heterocycles. The molecular weight excluding hydrogens is 348 g/mol. The van der Waals surface area contributed by atoms with Gasteiger partial charge in [-0.15, -0.1) is 0 Å². The first kappa shape index (κ1) is 18.1. The third-order valence-corrected chi connectivity index (χ3v) is 6.08. The maximum atomic E-state index is 12.4. The molecule has 8 heteroatoms. The number of nitrogens with zero attached hydrogens (tertiary/aromatic N) is 1. The molecule has 24 heavy (non-hydrogen) atoms. The third kappa shape index (κ3) is 4.20. The summed E-state index contributed by atoms with van der Waals surface area (Å²) in [6.45, 7) is 1.65. The van der Waals surface area contributed by atoms with E-state index >= 15 is 0 Å². The van der Waals surface area contributed by atoms with Crippen LogP contribution in [0.15, 0.2) is 58.3 Å². The first-order valence-electron chi connectivity index (χ1n) is 6.96. The molecule has 2 aromatic rings. The lowest BCUT2D eigenvalue weighted by atomic mass is 10.1. The SMILES string of the molecule is C[C@H](NS(=O)(=O)c1cccc(C#N)c1)c1ccc(S(C)(=O)=O)cc1. The fraction of sp³-hybridized carbons (Fsp3) is 0.188. The molecule has 6 nitrogen and oxygen atoms in total. The van der Waals surface area contributed by atoms with Gasteiger partial charge in [-0.2, -0.15) is 5.26 Å². The molecule has 0 saturated carbocycles. The van der Waals surface area contributed by atoms with Crippen LogP contribution in [0.3, 0.4) is 0 Å². The minimum absolute atomic E-state index is 0.00107. The highest BCUT2D eigenvalue weighted by Gasteiger charge is 2.19. The zero-order chi connectivity index (χ0) is 18.0. The quantitative estimate of drug-likeness (QED) is 0.874. The van der Waals surface area contributed by atoms with E-state index in [0.29, 0.717) is 5.56 Å². The van der Waals surface area contributed by atoms with Gasteiger partial charge in [0.15, 0.2) is 9.84 Å². The van der Waals surface area contributed by atoms with Crippen molar-refractivity contribution in [1.82, 2.24) is 4.72 Å². The Morgan fingerprint density at radius 1 is 1.00 bits per heavy atom. The Morgan fingerprint density at radius 3 is 2.17 bits per heavy atom. The van der Waals surface area contributed by atoms with Crippen LogP contribution in [0, 0.1) is 11.3 Å². The van der Waals surface area contributed by atoms with Gasteiger partial charge in [0.05, 0.1) is 21.4 Å². The largest absolute Gasteiger partial charge is 0.241 e. The number of hydrogen-bond acceptors (Lipinski definition) is 5. The van der Waals surface area contributed by atoms with Crippen molar-refractivity contribution in [2.45, 2.75) is 22.8 Å². The van der Waals surface area contributed by atoms with Crippen molar-refractivity contribution in [3.8, 4) is 6.07 Å². The molecule has 0 aliphatic rings. The Labute approximate surface area is 141 Å². The molecule has 0 aromatic heterocycles. The molecule has 0 aliphatic heterocycles. The summed E-state index contributed by atoms with van der Waals surface area (Å²) in [6.07, 6.45) is 1.11. The van der Waals surface area contributed by atoms with Crippen molar-refractivity contribution >= 4 is 19.9 Å². The third-order valence-electron chi connectivity index (χ3n) is 3.41. The maximum Gasteiger partial charge on any atom is 0.241 e. The summed E-state index contributed by atoms with van der Waals surface area (Å²) in [5.41, 5.74) is 0.880. The van der Waals surface area contributed by atoms with E-state index < -0.39 is 25.9 Å². The minimum Gasteiger partial charge on any atom is -0.224 e. The van der Waals surface area contributed by atoms with Crippen LogP contribution in [-0.2, 0) is 19.9 Å². The average Bonchev–Trinajstić information content (AvgIpc) is 2.54. The van der Waals surface area contributed by atoms with Crippen LogP contribution >= 0.6 is 0 Å². The normalized spacial score (nSPS) is 13.2. The maximum absolute atomic E-state index is 12.4. The molecule has 0 unspecified atom stereocenters. The number of hydrogen-bond donors (Lipinski definition) is 1. The van der Waals surface area contributed by atoms with Crippen molar-refractivity contribution < 1.29 is 16.8 Å². The molecule has 2 aromatic carbocycles. The fourth-order valence-corrected chi connectivity index (χ4v) is 4.01. The van der Waals surface area contributed by atoms with E-state index in [1.54, 1.807) is 19.1 Å². The summed E-state index contributed by atoms with van der Waals surface area (Å²) in [5.74, 6) is 0. The fourth-order valence-electron chi connectivity index (χ4n) is 2.11. The molecular formula is C16H16N2O4S2. The van der Waals surface area contributed by atoms with Gasteiger partial charge in [-0.25, -0.2) is 21.6 Å². The average molecular weight is 364 g/mol. The van der Waals surface area contributed by atoms with Crippen LogP contribution < -0.4 is 4.72 Å². The van der Waals surface area contributed by atoms with Gasteiger partial charge in [0.1, 0.15) is 0 Å². The summed E-state index contributed by atoms with van der Waals surface area (Å²) in [4.78, 5) is 0.171. The second-order valence-corrected chi connectivity index (χ2v) is 9.05. The van der Waals surface area contributed by atoms with Crippen molar-refractivity contribution in [2.24, 2.45) is 0 Å². The number of nitrogens with one attached hydrogen (secondary N) is 1. The predicted octanol–water partition coefficient (Wildman–Crippen LogP) is 2.00. The van der Waals surface area contributed by atoms with Gasteiger partial charge < -0.3 is 0 Å². The predicted molar refractivity (Wildman–Crippen MR) is 89.4 cm³/mol. The lowest BCUT2D eigenvalue weighted by Crippen LogP contribution is -2.27. The summed E-state index contributed by atoms with van der Waals surface area (Å²) < 4.78 is 50.2. The van der Waals surface area contributed by atoms with Crippen LogP contribution in [0.2, 0.25) is 0 Å². The van der Waals surface area contributed by atoms with E-state index in [1.165, 1.54) is 36.4 Å². The summed E-state index contributed by atoms with van der Waals surface area (Å²) >= 11 is 0. The molecule has 0 fully saturated rings. The number of rotatable bonds is 5. The Balaban J connectivity index is 2.25. The van der Waals surface area contributed by atoms with Crippen LogP contribution in [0.25, 0.3) is 0 Å². The summed E-state index contributed by atoms with van der Waals surface area (Å²) in [5, 5.41) is 8.87. The molecule has 1 N–H and O–H groups in total. The lowest BCUT2D eigenvalue weighted by Gasteiger charge is -2.15. The van der Waals surface area contributed by atoms with Crippen LogP contribution in [-0.4, -0.2) is 23.1 Å². The second kappa shape index (κ2) is 6.73. The van der Waals surface area contributed by atoms with Gasteiger partial charge in [0.25, 0.3) is 0 Å². The first-order valence-corrected chi connectivity index (χ1v) is 10.3. The Morgan fingerprint density at radius 2 is 1.62 bits per heavy atom. The highest BCUT2D eigenvalue weighted by atomic mass is 32.2. The van der Waals surface area contributed by atoms with E-state index in [4.69, 9.17) is 5.26 Å².